The summed E-state index contributed by atoms with van der Waals surface area (Å²) in [4.78, 5) is 16.5. The van der Waals surface area contributed by atoms with Gasteiger partial charge < -0.3 is 24.5 Å². The van der Waals surface area contributed by atoms with E-state index in [-0.39, 0.29) is 0 Å². The number of hydrogen-bond acceptors (Lipinski definition) is 8. The van der Waals surface area contributed by atoms with Crippen LogP contribution in [0.15, 0.2) is 55.1 Å². The van der Waals surface area contributed by atoms with E-state index in [9.17, 15) is 0 Å². The number of fused-ring (bicyclic) bond motifs is 2. The number of nitrogens with zero attached hydrogens (tertiary/aromatic N) is 5. The molecule has 0 spiro atoms. The molecule has 0 aliphatic carbocycles. The average Bonchev–Trinajstić information content (AvgIpc) is 3.38. The van der Waals surface area contributed by atoms with Crippen LogP contribution >= 0.6 is 0 Å². The molecule has 6 heterocycles. The van der Waals surface area contributed by atoms with Gasteiger partial charge >= 0.3 is 0 Å². The van der Waals surface area contributed by atoms with Crippen LogP contribution in [0.3, 0.4) is 0 Å². The van der Waals surface area contributed by atoms with Crippen LogP contribution in [0.2, 0.25) is 0 Å². The SMILES string of the molecule is c1cn2cc(-c3cnc4c(c3)NCCO4)nc(Nc3ccc(C4CCN(C5COC5)CC4)cc3)c2n1. The molecule has 9 heteroatoms. The zero-order chi connectivity index (χ0) is 23.9. The largest absolute Gasteiger partial charge is 0.474 e. The lowest BCUT2D eigenvalue weighted by Gasteiger charge is -2.41. The first kappa shape index (κ1) is 21.6. The van der Waals surface area contributed by atoms with Crippen molar-refractivity contribution in [2.24, 2.45) is 0 Å². The van der Waals surface area contributed by atoms with E-state index in [2.05, 4.69) is 49.8 Å². The molecule has 2 N–H and O–H groups in total. The smallest absolute Gasteiger partial charge is 0.237 e. The van der Waals surface area contributed by atoms with Gasteiger partial charge in [0.1, 0.15) is 6.61 Å². The van der Waals surface area contributed by atoms with Gasteiger partial charge in [-0.25, -0.2) is 15.0 Å². The fourth-order valence-corrected chi connectivity index (χ4v) is 5.33. The van der Waals surface area contributed by atoms with Crippen LogP contribution in [0.25, 0.3) is 16.9 Å². The maximum Gasteiger partial charge on any atom is 0.237 e. The van der Waals surface area contributed by atoms with E-state index in [4.69, 9.17) is 14.5 Å². The molecule has 0 saturated carbocycles. The van der Waals surface area contributed by atoms with Crippen LogP contribution in [-0.4, -0.2) is 69.7 Å². The summed E-state index contributed by atoms with van der Waals surface area (Å²) in [6.45, 7) is 5.51. The molecule has 0 atom stereocenters. The summed E-state index contributed by atoms with van der Waals surface area (Å²) in [5, 5.41) is 6.84. The van der Waals surface area contributed by atoms with Crippen LogP contribution in [0, 0.1) is 0 Å². The second-order valence-electron chi connectivity index (χ2n) is 9.73. The number of benzene rings is 1. The molecule has 3 aromatic heterocycles. The number of nitrogens with one attached hydrogen (secondary N) is 2. The Balaban J connectivity index is 1.11. The maximum absolute atomic E-state index is 5.62. The predicted molar refractivity (Wildman–Crippen MR) is 138 cm³/mol. The minimum atomic E-state index is 0.617. The van der Waals surface area contributed by atoms with Crippen molar-refractivity contribution in [3.63, 3.8) is 0 Å². The number of ether oxygens (including phenoxy) is 2. The summed E-state index contributed by atoms with van der Waals surface area (Å²) in [5.41, 5.74) is 5.81. The fraction of sp³-hybridized carbons (Fsp3) is 0.370. The number of imidazole rings is 1. The van der Waals surface area contributed by atoms with Crippen molar-refractivity contribution < 1.29 is 9.47 Å². The molecule has 3 aliphatic rings. The molecule has 4 aromatic rings. The van der Waals surface area contributed by atoms with Crippen molar-refractivity contribution in [2.75, 3.05) is 50.1 Å². The summed E-state index contributed by atoms with van der Waals surface area (Å²) in [5.74, 6) is 1.96. The zero-order valence-electron chi connectivity index (χ0n) is 20.1. The van der Waals surface area contributed by atoms with Crippen molar-refractivity contribution in [2.45, 2.75) is 24.8 Å². The van der Waals surface area contributed by atoms with Crippen molar-refractivity contribution in [3.8, 4) is 17.1 Å². The molecule has 0 bridgehead atoms. The third kappa shape index (κ3) is 4.04. The van der Waals surface area contributed by atoms with Crippen molar-refractivity contribution >= 4 is 22.8 Å². The Hall–Kier alpha value is -3.69. The summed E-state index contributed by atoms with van der Waals surface area (Å²) < 4.78 is 13.0. The summed E-state index contributed by atoms with van der Waals surface area (Å²) >= 11 is 0. The second-order valence-corrected chi connectivity index (χ2v) is 9.73. The first-order valence-electron chi connectivity index (χ1n) is 12.7. The van der Waals surface area contributed by atoms with Gasteiger partial charge in [0, 0.05) is 42.6 Å². The van der Waals surface area contributed by atoms with Gasteiger partial charge in [-0.1, -0.05) is 12.1 Å². The standard InChI is InChI=1S/C27H29N7O2/c1-3-21(4-2-18(1)19-5-9-33(10-6-19)22-16-35-17-22)31-25-26-29-7-11-34(26)15-24(32-25)20-13-23-27(30-14-20)36-12-8-28-23/h1-4,7,11,13-15,19,22,28H,5-6,8-10,12,16-17H2,(H,31,32). The Morgan fingerprint density at radius 3 is 2.72 bits per heavy atom. The average molecular weight is 484 g/mol. The number of pyridine rings is 1. The normalized spacial score (nSPS) is 18.8. The van der Waals surface area contributed by atoms with Gasteiger partial charge in [0.25, 0.3) is 0 Å². The number of aromatic nitrogens is 4. The van der Waals surface area contributed by atoms with Crippen molar-refractivity contribution in [1.29, 1.82) is 0 Å². The zero-order valence-corrected chi connectivity index (χ0v) is 20.1. The Labute approximate surface area is 209 Å². The molecular formula is C27H29N7O2. The summed E-state index contributed by atoms with van der Waals surface area (Å²) in [6, 6.07) is 11.5. The minimum Gasteiger partial charge on any atom is -0.474 e. The molecule has 0 amide bonds. The summed E-state index contributed by atoms with van der Waals surface area (Å²) in [6.07, 6.45) is 9.92. The first-order valence-corrected chi connectivity index (χ1v) is 12.7. The first-order chi connectivity index (χ1) is 17.8. The van der Waals surface area contributed by atoms with Crippen molar-refractivity contribution in [3.05, 3.63) is 60.7 Å². The highest BCUT2D eigenvalue weighted by molar-refractivity contribution is 5.75. The molecule has 3 aliphatic heterocycles. The van der Waals surface area contributed by atoms with Crippen molar-refractivity contribution in [1.82, 2.24) is 24.3 Å². The molecule has 9 nitrogen and oxygen atoms in total. The van der Waals surface area contributed by atoms with Crippen LogP contribution < -0.4 is 15.4 Å². The third-order valence-corrected chi connectivity index (χ3v) is 7.49. The molecule has 0 unspecified atom stereocenters. The highest BCUT2D eigenvalue weighted by Gasteiger charge is 2.30. The molecule has 1 aromatic carbocycles. The Kier molecular flexibility index (Phi) is 5.44. The minimum absolute atomic E-state index is 0.617. The predicted octanol–water partition coefficient (Wildman–Crippen LogP) is 3.92. The van der Waals surface area contributed by atoms with Crippen LogP contribution in [-0.2, 0) is 4.74 Å². The third-order valence-electron chi connectivity index (χ3n) is 7.49. The monoisotopic (exact) mass is 483 g/mol. The number of hydrogen-bond donors (Lipinski definition) is 2. The molecule has 36 heavy (non-hydrogen) atoms. The lowest BCUT2D eigenvalue weighted by Crippen LogP contribution is -2.51. The van der Waals surface area contributed by atoms with E-state index in [1.54, 1.807) is 12.4 Å². The Morgan fingerprint density at radius 2 is 1.92 bits per heavy atom. The van der Waals surface area contributed by atoms with Gasteiger partial charge in [-0.3, -0.25) is 4.90 Å². The van der Waals surface area contributed by atoms with Gasteiger partial charge in [0.05, 0.1) is 30.6 Å². The van der Waals surface area contributed by atoms with E-state index < -0.39 is 0 Å². The number of likely N-dealkylation sites (tertiary alicyclic amines) is 1. The molecule has 7 rings (SSSR count). The maximum atomic E-state index is 5.62. The van der Waals surface area contributed by atoms with E-state index >= 15 is 0 Å². The van der Waals surface area contributed by atoms with Crippen LogP contribution in [0.5, 0.6) is 5.88 Å². The quantitative estimate of drug-likeness (QED) is 0.442. The highest BCUT2D eigenvalue weighted by Crippen LogP contribution is 2.33. The van der Waals surface area contributed by atoms with E-state index in [0.717, 1.165) is 61.1 Å². The molecule has 184 valence electrons. The van der Waals surface area contributed by atoms with Gasteiger partial charge in [0.15, 0.2) is 11.5 Å². The lowest BCUT2D eigenvalue weighted by molar-refractivity contribution is -0.0712. The van der Waals surface area contributed by atoms with E-state index in [0.29, 0.717) is 30.3 Å². The van der Waals surface area contributed by atoms with E-state index in [1.165, 1.54) is 18.4 Å². The Bertz CT molecular complexity index is 1370. The van der Waals surface area contributed by atoms with Gasteiger partial charge in [-0.2, -0.15) is 0 Å². The van der Waals surface area contributed by atoms with Crippen LogP contribution in [0.4, 0.5) is 17.2 Å². The molecule has 0 radical (unpaired) electrons. The second kappa shape index (κ2) is 9.07. The number of anilines is 3. The molecular weight excluding hydrogens is 454 g/mol. The number of rotatable bonds is 5. The Morgan fingerprint density at radius 1 is 1.06 bits per heavy atom. The summed E-state index contributed by atoms with van der Waals surface area (Å²) in [7, 11) is 0. The molecule has 2 fully saturated rings. The van der Waals surface area contributed by atoms with Gasteiger partial charge in [0.2, 0.25) is 5.88 Å². The number of piperidine rings is 1. The van der Waals surface area contributed by atoms with Gasteiger partial charge in [-0.15, -0.1) is 0 Å². The topological polar surface area (TPSA) is 88.8 Å². The molecule has 2 saturated heterocycles. The highest BCUT2D eigenvalue weighted by atomic mass is 16.5. The fourth-order valence-electron chi connectivity index (χ4n) is 5.33. The van der Waals surface area contributed by atoms with Crippen LogP contribution in [0.1, 0.15) is 24.3 Å². The van der Waals surface area contributed by atoms with E-state index in [1.807, 2.05) is 22.9 Å². The van der Waals surface area contributed by atoms with Gasteiger partial charge in [-0.05, 0) is 55.6 Å². The lowest BCUT2D eigenvalue weighted by atomic mass is 9.88.